The van der Waals surface area contributed by atoms with Gasteiger partial charge in [-0.1, -0.05) is 135 Å². The van der Waals surface area contributed by atoms with Gasteiger partial charge in [0.05, 0.1) is 18.4 Å². The maximum Gasteiger partial charge on any atom is 0.309 e. The van der Waals surface area contributed by atoms with Gasteiger partial charge in [0.25, 0.3) is 0 Å². The Kier molecular flexibility index (Phi) is 17.0. The Hall–Kier alpha value is -4.22. The van der Waals surface area contributed by atoms with Crippen molar-refractivity contribution in [2.75, 3.05) is 0 Å². The van der Waals surface area contributed by atoms with Gasteiger partial charge in [-0.05, 0) is 68.7 Å². The van der Waals surface area contributed by atoms with Crippen molar-refractivity contribution in [2.45, 2.75) is 79.1 Å². The van der Waals surface area contributed by atoms with Crippen molar-refractivity contribution in [3.63, 3.8) is 0 Å². The van der Waals surface area contributed by atoms with E-state index in [-0.39, 0.29) is 30.4 Å². The number of rotatable bonds is 11. The summed E-state index contributed by atoms with van der Waals surface area (Å²) < 4.78 is 10.8. The lowest BCUT2D eigenvalue weighted by molar-refractivity contribution is -0.160. The van der Waals surface area contributed by atoms with Gasteiger partial charge >= 0.3 is 11.9 Å². The maximum absolute atomic E-state index is 12.1. The Labute approximate surface area is 270 Å². The topological polar surface area (TPSA) is 72.8 Å². The van der Waals surface area contributed by atoms with Crippen molar-refractivity contribution in [3.8, 4) is 0 Å². The molecule has 0 aliphatic heterocycles. The van der Waals surface area contributed by atoms with E-state index < -0.39 is 5.60 Å². The molecule has 4 aromatic rings. The Bertz CT molecular complexity index is 1330. The van der Waals surface area contributed by atoms with Crippen molar-refractivity contribution in [2.24, 2.45) is 11.8 Å². The first kappa shape index (κ1) is 37.0. The molecule has 0 amide bonds. The molecule has 240 valence electrons. The number of carbonyl (C=O) groups excluding carboxylic acids is 2. The quantitative estimate of drug-likeness (QED) is 0.172. The van der Waals surface area contributed by atoms with Crippen molar-refractivity contribution in [1.82, 2.24) is 0 Å². The third kappa shape index (κ3) is 15.9. The fourth-order valence-corrected chi connectivity index (χ4v) is 4.40. The first-order valence-corrected chi connectivity index (χ1v) is 15.8. The SMILES string of the molecule is CC[C@@H](Cc1ccccc1)C(=O)OC(C)(C)C.CC[C@@H](Cc1ccccc1)C(=O)OCc1ccccc1.OCc1ccccc1. The monoisotopic (exact) mass is 610 g/mol. The van der Waals surface area contributed by atoms with Gasteiger partial charge in [0.2, 0.25) is 0 Å². The highest BCUT2D eigenvalue weighted by atomic mass is 16.6. The second-order valence-electron chi connectivity index (χ2n) is 11.9. The van der Waals surface area contributed by atoms with Gasteiger partial charge in [-0.2, -0.15) is 0 Å². The molecule has 0 radical (unpaired) electrons. The van der Waals surface area contributed by atoms with Gasteiger partial charge in [-0.25, -0.2) is 0 Å². The molecule has 0 aromatic heterocycles. The third-order valence-corrected chi connectivity index (χ3v) is 6.96. The van der Waals surface area contributed by atoms with Crippen LogP contribution in [0.5, 0.6) is 0 Å². The van der Waals surface area contributed by atoms with E-state index in [0.717, 1.165) is 36.8 Å². The molecule has 0 fully saturated rings. The Morgan fingerprint density at radius 2 is 0.933 bits per heavy atom. The normalized spacial score (nSPS) is 11.9. The van der Waals surface area contributed by atoms with E-state index in [1.165, 1.54) is 11.1 Å². The lowest BCUT2D eigenvalue weighted by Crippen LogP contribution is -2.29. The number of esters is 2. The van der Waals surface area contributed by atoms with Gasteiger partial charge in [-0.3, -0.25) is 9.59 Å². The lowest BCUT2D eigenvalue weighted by Gasteiger charge is -2.23. The van der Waals surface area contributed by atoms with Crippen LogP contribution >= 0.6 is 0 Å². The highest BCUT2D eigenvalue weighted by molar-refractivity contribution is 5.73. The first-order valence-electron chi connectivity index (χ1n) is 15.8. The second kappa shape index (κ2) is 20.7. The number of benzene rings is 4. The zero-order chi connectivity index (χ0) is 32.9. The highest BCUT2D eigenvalue weighted by Crippen LogP contribution is 2.18. The van der Waals surface area contributed by atoms with Crippen LogP contribution in [0.2, 0.25) is 0 Å². The van der Waals surface area contributed by atoms with E-state index in [4.69, 9.17) is 14.6 Å². The molecule has 0 aliphatic rings. The number of hydrogen-bond donors (Lipinski definition) is 1. The molecule has 5 heteroatoms. The Morgan fingerprint density at radius 1 is 0.578 bits per heavy atom. The average molecular weight is 611 g/mol. The summed E-state index contributed by atoms with van der Waals surface area (Å²) >= 11 is 0. The molecule has 5 nitrogen and oxygen atoms in total. The van der Waals surface area contributed by atoms with E-state index in [2.05, 4.69) is 0 Å². The number of carbonyl (C=O) groups is 2. The molecular formula is C40H50O5. The average Bonchev–Trinajstić information content (AvgIpc) is 3.06. The minimum Gasteiger partial charge on any atom is -0.461 e. The van der Waals surface area contributed by atoms with Crippen molar-refractivity contribution >= 4 is 11.9 Å². The molecule has 0 aliphatic carbocycles. The minimum absolute atomic E-state index is 0.0448. The highest BCUT2D eigenvalue weighted by Gasteiger charge is 2.24. The molecule has 0 saturated carbocycles. The van der Waals surface area contributed by atoms with E-state index in [1.807, 2.05) is 156 Å². The Balaban J connectivity index is 0.000000255. The number of ether oxygens (including phenoxy) is 2. The molecule has 0 bridgehead atoms. The largest absolute Gasteiger partial charge is 0.461 e. The fourth-order valence-electron chi connectivity index (χ4n) is 4.40. The molecule has 0 saturated heterocycles. The van der Waals surface area contributed by atoms with Crippen LogP contribution in [0.25, 0.3) is 0 Å². The molecule has 1 N–H and O–H groups in total. The van der Waals surface area contributed by atoms with Gasteiger partial charge in [0, 0.05) is 0 Å². The third-order valence-electron chi connectivity index (χ3n) is 6.96. The van der Waals surface area contributed by atoms with Crippen LogP contribution in [0.3, 0.4) is 0 Å². The van der Waals surface area contributed by atoms with Crippen LogP contribution < -0.4 is 0 Å². The molecule has 4 aromatic carbocycles. The summed E-state index contributed by atoms with van der Waals surface area (Å²) in [5.74, 6) is -0.318. The number of aliphatic hydroxyl groups is 1. The van der Waals surface area contributed by atoms with Gasteiger partial charge in [0.15, 0.2) is 0 Å². The van der Waals surface area contributed by atoms with Crippen LogP contribution in [0.1, 0.15) is 69.7 Å². The molecule has 0 spiro atoms. The second-order valence-corrected chi connectivity index (χ2v) is 11.9. The van der Waals surface area contributed by atoms with Crippen molar-refractivity contribution in [1.29, 1.82) is 0 Å². The van der Waals surface area contributed by atoms with Gasteiger partial charge in [0.1, 0.15) is 12.2 Å². The predicted octanol–water partition coefficient (Wildman–Crippen LogP) is 8.77. The number of hydrogen-bond acceptors (Lipinski definition) is 5. The molecule has 0 unspecified atom stereocenters. The first-order chi connectivity index (χ1) is 21.6. The van der Waals surface area contributed by atoms with Crippen LogP contribution in [0.4, 0.5) is 0 Å². The Morgan fingerprint density at radius 3 is 1.27 bits per heavy atom. The summed E-state index contributed by atoms with van der Waals surface area (Å²) in [4.78, 5) is 24.1. The van der Waals surface area contributed by atoms with E-state index in [9.17, 15) is 9.59 Å². The van der Waals surface area contributed by atoms with Crippen LogP contribution in [0.15, 0.2) is 121 Å². The molecule has 0 heterocycles. The minimum atomic E-state index is -0.402. The van der Waals surface area contributed by atoms with Gasteiger partial charge < -0.3 is 14.6 Å². The van der Waals surface area contributed by atoms with Crippen LogP contribution in [-0.2, 0) is 45.1 Å². The van der Waals surface area contributed by atoms with E-state index in [1.54, 1.807) is 0 Å². The van der Waals surface area contributed by atoms with E-state index >= 15 is 0 Å². The predicted molar refractivity (Wildman–Crippen MR) is 182 cm³/mol. The maximum atomic E-state index is 12.1. The summed E-state index contributed by atoms with van der Waals surface area (Å²) in [6.07, 6.45) is 3.10. The zero-order valence-electron chi connectivity index (χ0n) is 27.5. The summed E-state index contributed by atoms with van der Waals surface area (Å²) in [5, 5.41) is 8.54. The molecule has 45 heavy (non-hydrogen) atoms. The van der Waals surface area contributed by atoms with Crippen LogP contribution in [0, 0.1) is 11.8 Å². The summed E-state index contributed by atoms with van der Waals surface area (Å²) in [7, 11) is 0. The summed E-state index contributed by atoms with van der Waals surface area (Å²) in [5.41, 5.74) is 3.95. The number of aliphatic hydroxyl groups excluding tert-OH is 1. The van der Waals surface area contributed by atoms with E-state index in [0.29, 0.717) is 6.61 Å². The summed E-state index contributed by atoms with van der Waals surface area (Å²) in [6.45, 7) is 10.3. The summed E-state index contributed by atoms with van der Waals surface area (Å²) in [6, 6.07) is 39.5. The smallest absolute Gasteiger partial charge is 0.309 e. The zero-order valence-corrected chi connectivity index (χ0v) is 27.5. The molecule has 2 atom stereocenters. The molecular weight excluding hydrogens is 560 g/mol. The molecule has 4 rings (SSSR count). The van der Waals surface area contributed by atoms with Gasteiger partial charge in [-0.15, -0.1) is 0 Å². The van der Waals surface area contributed by atoms with Crippen molar-refractivity contribution < 1.29 is 24.2 Å². The van der Waals surface area contributed by atoms with Crippen molar-refractivity contribution in [3.05, 3.63) is 144 Å². The fraction of sp³-hybridized carbons (Fsp3) is 0.350. The van der Waals surface area contributed by atoms with Crippen LogP contribution in [-0.4, -0.2) is 22.6 Å². The standard InChI is InChI=1S/C18H20O2.C15H22O2.C7H8O/c1-2-17(13-15-9-5-3-6-10-15)18(19)20-14-16-11-7-4-8-12-16;1-5-13(14(16)17-15(2,3)4)11-12-9-7-6-8-10-12;8-6-7-4-2-1-3-5-7/h3-12,17H,2,13-14H2,1H3;6-10,13H,5,11H2,1-4H3;1-5,8H,6H2/t17-;13-;/m00./s1. The lowest BCUT2D eigenvalue weighted by atomic mass is 9.97.